The van der Waals surface area contributed by atoms with Gasteiger partial charge in [0, 0.05) is 6.04 Å². The molecule has 0 heterocycles. The first-order valence-electron chi connectivity index (χ1n) is 6.11. The first kappa shape index (κ1) is 12.6. The maximum atomic E-state index is 12.4. The fraction of sp³-hybridized carbons (Fsp3) is 0.538. The van der Waals surface area contributed by atoms with Crippen molar-refractivity contribution < 1.29 is 8.42 Å². The van der Waals surface area contributed by atoms with Gasteiger partial charge in [-0.05, 0) is 38.4 Å². The van der Waals surface area contributed by atoms with Gasteiger partial charge in [-0.3, -0.25) is 0 Å². The second-order valence-corrected chi connectivity index (χ2v) is 6.86. The van der Waals surface area contributed by atoms with Crippen LogP contribution in [0.15, 0.2) is 35.2 Å². The quantitative estimate of drug-likeness (QED) is 0.896. The SMILES string of the molecule is CNC1CCCC(S(=O)(=O)c2ccccc2)C1. The predicted octanol–water partition coefficient (Wildman–Crippen LogP) is 1.99. The fourth-order valence-electron chi connectivity index (χ4n) is 2.49. The van der Waals surface area contributed by atoms with Crippen LogP contribution >= 0.6 is 0 Å². The fourth-order valence-corrected chi connectivity index (χ4v) is 4.38. The van der Waals surface area contributed by atoms with Gasteiger partial charge >= 0.3 is 0 Å². The lowest BCUT2D eigenvalue weighted by atomic mass is 9.95. The zero-order chi connectivity index (χ0) is 12.3. The Morgan fingerprint density at radius 2 is 1.88 bits per heavy atom. The van der Waals surface area contributed by atoms with E-state index in [0.29, 0.717) is 10.9 Å². The highest BCUT2D eigenvalue weighted by Crippen LogP contribution is 2.28. The average molecular weight is 253 g/mol. The summed E-state index contributed by atoms with van der Waals surface area (Å²) in [5.41, 5.74) is 0. The van der Waals surface area contributed by atoms with E-state index in [9.17, 15) is 8.42 Å². The Bertz CT molecular complexity index is 456. The van der Waals surface area contributed by atoms with Crippen molar-refractivity contribution in [1.82, 2.24) is 5.32 Å². The topological polar surface area (TPSA) is 46.2 Å². The maximum Gasteiger partial charge on any atom is 0.181 e. The normalized spacial score (nSPS) is 25.7. The van der Waals surface area contributed by atoms with E-state index < -0.39 is 9.84 Å². The third-order valence-corrected chi connectivity index (χ3v) is 5.78. The molecule has 0 amide bonds. The minimum absolute atomic E-state index is 0.226. The Kier molecular flexibility index (Phi) is 3.84. The molecule has 1 fully saturated rings. The van der Waals surface area contributed by atoms with E-state index in [2.05, 4.69) is 5.32 Å². The summed E-state index contributed by atoms with van der Waals surface area (Å²) in [6, 6.07) is 9.14. The Hall–Kier alpha value is -0.870. The predicted molar refractivity (Wildman–Crippen MR) is 68.7 cm³/mol. The van der Waals surface area contributed by atoms with Gasteiger partial charge < -0.3 is 5.32 Å². The summed E-state index contributed by atoms with van der Waals surface area (Å²) >= 11 is 0. The van der Waals surface area contributed by atoms with Gasteiger partial charge in [0.15, 0.2) is 9.84 Å². The molecular weight excluding hydrogens is 234 g/mol. The number of benzene rings is 1. The molecular formula is C13H19NO2S. The lowest BCUT2D eigenvalue weighted by Crippen LogP contribution is -2.37. The van der Waals surface area contributed by atoms with Crippen molar-refractivity contribution in [3.05, 3.63) is 30.3 Å². The van der Waals surface area contributed by atoms with Gasteiger partial charge in [0.1, 0.15) is 0 Å². The molecule has 0 spiro atoms. The molecule has 2 atom stereocenters. The van der Waals surface area contributed by atoms with Crippen molar-refractivity contribution in [1.29, 1.82) is 0 Å². The molecule has 0 radical (unpaired) electrons. The number of hydrogen-bond donors (Lipinski definition) is 1. The van der Waals surface area contributed by atoms with Gasteiger partial charge in [-0.15, -0.1) is 0 Å². The molecule has 1 aromatic rings. The second-order valence-electron chi connectivity index (χ2n) is 4.63. The Morgan fingerprint density at radius 3 is 2.53 bits per heavy atom. The van der Waals surface area contributed by atoms with E-state index in [1.807, 2.05) is 13.1 Å². The molecule has 0 saturated heterocycles. The van der Waals surface area contributed by atoms with Crippen molar-refractivity contribution in [2.45, 2.75) is 41.9 Å². The van der Waals surface area contributed by atoms with Crippen LogP contribution in [0, 0.1) is 0 Å². The van der Waals surface area contributed by atoms with E-state index >= 15 is 0 Å². The Morgan fingerprint density at radius 1 is 1.18 bits per heavy atom. The first-order chi connectivity index (χ1) is 8.14. The van der Waals surface area contributed by atoms with E-state index in [0.717, 1.165) is 25.7 Å². The van der Waals surface area contributed by atoms with E-state index in [4.69, 9.17) is 0 Å². The van der Waals surface area contributed by atoms with Crippen molar-refractivity contribution in [3.8, 4) is 0 Å². The van der Waals surface area contributed by atoms with E-state index in [1.165, 1.54) is 0 Å². The average Bonchev–Trinajstić information content (AvgIpc) is 2.40. The van der Waals surface area contributed by atoms with Crippen LogP contribution in [-0.2, 0) is 9.84 Å². The molecule has 4 heteroatoms. The standard InChI is InChI=1S/C13H19NO2S/c1-14-11-6-5-9-13(10-11)17(15,16)12-7-3-2-4-8-12/h2-4,7-8,11,13-14H,5-6,9-10H2,1H3. The molecule has 2 unspecified atom stereocenters. The van der Waals surface area contributed by atoms with Gasteiger partial charge in [-0.2, -0.15) is 0 Å². The van der Waals surface area contributed by atoms with Crippen LogP contribution < -0.4 is 5.32 Å². The van der Waals surface area contributed by atoms with Crippen molar-refractivity contribution in [2.75, 3.05) is 7.05 Å². The van der Waals surface area contributed by atoms with Crippen molar-refractivity contribution in [3.63, 3.8) is 0 Å². The lowest BCUT2D eigenvalue weighted by molar-refractivity contribution is 0.391. The summed E-state index contributed by atoms with van der Waals surface area (Å²) in [6.07, 6.45) is 3.59. The highest BCUT2D eigenvalue weighted by Gasteiger charge is 2.32. The van der Waals surface area contributed by atoms with E-state index in [1.54, 1.807) is 24.3 Å². The molecule has 1 aliphatic carbocycles. The summed E-state index contributed by atoms with van der Waals surface area (Å²) < 4.78 is 24.8. The van der Waals surface area contributed by atoms with Crippen LogP contribution in [0.3, 0.4) is 0 Å². The van der Waals surface area contributed by atoms with E-state index in [-0.39, 0.29) is 5.25 Å². The van der Waals surface area contributed by atoms with Gasteiger partial charge in [-0.1, -0.05) is 24.6 Å². The Labute approximate surface area is 103 Å². The zero-order valence-electron chi connectivity index (χ0n) is 10.1. The Balaban J connectivity index is 2.21. The molecule has 0 aliphatic heterocycles. The van der Waals surface area contributed by atoms with Crippen molar-refractivity contribution >= 4 is 9.84 Å². The molecule has 3 nitrogen and oxygen atoms in total. The van der Waals surface area contributed by atoms with Crippen LogP contribution in [0.2, 0.25) is 0 Å². The summed E-state index contributed by atoms with van der Waals surface area (Å²) in [7, 11) is -1.24. The third-order valence-electron chi connectivity index (χ3n) is 3.54. The number of rotatable bonds is 3. The second kappa shape index (κ2) is 5.19. The monoisotopic (exact) mass is 253 g/mol. The minimum Gasteiger partial charge on any atom is -0.317 e. The summed E-state index contributed by atoms with van der Waals surface area (Å²) in [5, 5.41) is 2.97. The summed E-state index contributed by atoms with van der Waals surface area (Å²) in [4.78, 5) is 0.460. The highest BCUT2D eigenvalue weighted by molar-refractivity contribution is 7.92. The largest absolute Gasteiger partial charge is 0.317 e. The number of hydrogen-bond acceptors (Lipinski definition) is 3. The highest BCUT2D eigenvalue weighted by atomic mass is 32.2. The molecule has 0 bridgehead atoms. The molecule has 0 aromatic heterocycles. The first-order valence-corrected chi connectivity index (χ1v) is 7.65. The molecule has 1 aliphatic rings. The summed E-state index contributed by atoms with van der Waals surface area (Å²) in [5.74, 6) is 0. The maximum absolute atomic E-state index is 12.4. The van der Waals surface area contributed by atoms with Crippen LogP contribution in [0.25, 0.3) is 0 Å². The van der Waals surface area contributed by atoms with Gasteiger partial charge in [-0.25, -0.2) is 8.42 Å². The molecule has 1 saturated carbocycles. The molecule has 2 rings (SSSR count). The molecule has 1 aromatic carbocycles. The lowest BCUT2D eigenvalue weighted by Gasteiger charge is -2.28. The zero-order valence-corrected chi connectivity index (χ0v) is 10.9. The van der Waals surface area contributed by atoms with Gasteiger partial charge in [0.05, 0.1) is 10.1 Å². The number of sulfone groups is 1. The van der Waals surface area contributed by atoms with Crippen molar-refractivity contribution in [2.24, 2.45) is 0 Å². The number of nitrogens with one attached hydrogen (secondary N) is 1. The van der Waals surface area contributed by atoms with Crippen LogP contribution in [0.5, 0.6) is 0 Å². The smallest absolute Gasteiger partial charge is 0.181 e. The van der Waals surface area contributed by atoms with Crippen LogP contribution in [-0.4, -0.2) is 26.8 Å². The van der Waals surface area contributed by atoms with Crippen LogP contribution in [0.1, 0.15) is 25.7 Å². The van der Waals surface area contributed by atoms with Gasteiger partial charge in [0.25, 0.3) is 0 Å². The van der Waals surface area contributed by atoms with Crippen LogP contribution in [0.4, 0.5) is 0 Å². The molecule has 1 N–H and O–H groups in total. The molecule has 17 heavy (non-hydrogen) atoms. The molecule has 94 valence electrons. The van der Waals surface area contributed by atoms with Gasteiger partial charge in [0.2, 0.25) is 0 Å². The summed E-state index contributed by atoms with van der Waals surface area (Å²) in [6.45, 7) is 0. The third kappa shape index (κ3) is 2.69. The minimum atomic E-state index is -3.15.